The van der Waals surface area contributed by atoms with Crippen LogP contribution in [0.15, 0.2) is 18.2 Å². The number of carboxylic acid groups (broad SMARTS) is 1. The monoisotopic (exact) mass is 321 g/mol. The highest BCUT2D eigenvalue weighted by Gasteiger charge is 2.55. The van der Waals surface area contributed by atoms with Gasteiger partial charge in [-0.05, 0) is 12.8 Å². The third-order valence-electron chi connectivity index (χ3n) is 4.48. The average Bonchev–Trinajstić information content (AvgIpc) is 3.15. The Morgan fingerprint density at radius 3 is 2.17 bits per heavy atom. The molecule has 0 spiro atoms. The van der Waals surface area contributed by atoms with E-state index in [1.54, 1.807) is 18.2 Å². The van der Waals surface area contributed by atoms with Gasteiger partial charge >= 0.3 is 5.97 Å². The summed E-state index contributed by atoms with van der Waals surface area (Å²) in [7, 11) is 3.04. The van der Waals surface area contributed by atoms with E-state index < -0.39 is 17.8 Å². The lowest BCUT2D eigenvalue weighted by Crippen LogP contribution is -2.40. The fourth-order valence-corrected chi connectivity index (χ4v) is 3.43. The maximum absolute atomic E-state index is 12.6. The second kappa shape index (κ2) is 6.08. The summed E-state index contributed by atoms with van der Waals surface area (Å²) in [6.07, 6.45) is 0.716. The molecule has 1 aromatic carbocycles. The Morgan fingerprint density at radius 1 is 1.09 bits per heavy atom. The van der Waals surface area contributed by atoms with Gasteiger partial charge in [-0.2, -0.15) is 0 Å². The van der Waals surface area contributed by atoms with E-state index in [4.69, 9.17) is 14.2 Å². The predicted molar refractivity (Wildman–Crippen MR) is 80.7 cm³/mol. The van der Waals surface area contributed by atoms with Gasteiger partial charge in [0.25, 0.3) is 0 Å². The maximum atomic E-state index is 12.6. The number of amides is 1. The third kappa shape index (κ3) is 2.84. The number of anilines is 1. The summed E-state index contributed by atoms with van der Waals surface area (Å²) in [5.41, 5.74) is 0.498. The molecule has 1 amide bonds. The molecule has 0 aliphatic carbocycles. The van der Waals surface area contributed by atoms with E-state index >= 15 is 0 Å². The summed E-state index contributed by atoms with van der Waals surface area (Å²) in [6, 6.07) is 5.00. The highest BCUT2D eigenvalue weighted by molar-refractivity contribution is 5.96. The molecule has 0 saturated carbocycles. The molecule has 2 N–H and O–H groups in total. The molecular weight excluding hydrogens is 302 g/mol. The Kier molecular flexibility index (Phi) is 4.12. The number of hydrogen-bond donors (Lipinski definition) is 2. The Morgan fingerprint density at radius 2 is 1.65 bits per heavy atom. The van der Waals surface area contributed by atoms with Crippen molar-refractivity contribution < 1.29 is 28.9 Å². The lowest BCUT2D eigenvalue weighted by atomic mass is 9.78. The summed E-state index contributed by atoms with van der Waals surface area (Å²) in [5.74, 6) is -1.72. The molecule has 0 unspecified atom stereocenters. The number of fused-ring (bicyclic) bond motifs is 2. The minimum atomic E-state index is -0.986. The fraction of sp³-hybridized carbons (Fsp3) is 0.500. The van der Waals surface area contributed by atoms with Gasteiger partial charge in [0.05, 0.1) is 38.3 Å². The van der Waals surface area contributed by atoms with Crippen LogP contribution in [0.5, 0.6) is 11.5 Å². The van der Waals surface area contributed by atoms with E-state index in [2.05, 4.69) is 5.32 Å². The number of methoxy groups -OCH3 is 2. The first-order chi connectivity index (χ1) is 11.0. The van der Waals surface area contributed by atoms with Crippen LogP contribution >= 0.6 is 0 Å². The van der Waals surface area contributed by atoms with Gasteiger partial charge in [0.1, 0.15) is 11.5 Å². The second-order valence-electron chi connectivity index (χ2n) is 5.77. The van der Waals surface area contributed by atoms with Gasteiger partial charge in [-0.1, -0.05) is 0 Å². The van der Waals surface area contributed by atoms with Crippen LogP contribution in [0.25, 0.3) is 0 Å². The number of ether oxygens (including phenoxy) is 3. The normalized spacial score (nSPS) is 28.4. The van der Waals surface area contributed by atoms with Crippen LogP contribution in [-0.4, -0.2) is 43.4 Å². The summed E-state index contributed by atoms with van der Waals surface area (Å²) >= 11 is 0. The van der Waals surface area contributed by atoms with E-state index in [9.17, 15) is 14.7 Å². The topological polar surface area (TPSA) is 94.1 Å². The minimum absolute atomic E-state index is 0.325. The zero-order chi connectivity index (χ0) is 16.6. The molecule has 23 heavy (non-hydrogen) atoms. The predicted octanol–water partition coefficient (Wildman–Crippen LogP) is 1.52. The van der Waals surface area contributed by atoms with E-state index in [0.29, 0.717) is 30.0 Å². The van der Waals surface area contributed by atoms with Crippen molar-refractivity contribution >= 4 is 17.6 Å². The van der Waals surface area contributed by atoms with Gasteiger partial charge in [0.15, 0.2) is 0 Å². The molecule has 2 fully saturated rings. The number of rotatable bonds is 5. The van der Waals surface area contributed by atoms with Crippen LogP contribution in [0, 0.1) is 11.8 Å². The SMILES string of the molecule is COc1cc(NC(=O)[C@H]2[C@H](C(=O)O)[C@H]3CC[C@H]2O3)cc(OC)c1. The van der Waals surface area contributed by atoms with E-state index in [1.807, 2.05) is 0 Å². The van der Waals surface area contributed by atoms with Crippen molar-refractivity contribution in [3.8, 4) is 11.5 Å². The standard InChI is InChI=1S/C16H19NO6/c1-21-9-5-8(6-10(7-9)22-2)17-15(18)13-11-3-4-12(23-11)14(13)16(19)20/h5-7,11-14H,3-4H2,1-2H3,(H,17,18)(H,19,20)/t11-,12-,13-,14-/m1/s1. The fourth-order valence-electron chi connectivity index (χ4n) is 3.43. The molecule has 0 radical (unpaired) electrons. The van der Waals surface area contributed by atoms with Crippen LogP contribution in [0.4, 0.5) is 5.69 Å². The first-order valence-corrected chi connectivity index (χ1v) is 7.45. The lowest BCUT2D eigenvalue weighted by molar-refractivity contribution is -0.147. The van der Waals surface area contributed by atoms with E-state index in [0.717, 1.165) is 0 Å². The van der Waals surface area contributed by atoms with Crippen LogP contribution in [0.3, 0.4) is 0 Å². The highest BCUT2D eigenvalue weighted by Crippen LogP contribution is 2.44. The zero-order valence-electron chi connectivity index (χ0n) is 12.9. The molecule has 7 heteroatoms. The summed E-state index contributed by atoms with van der Waals surface area (Å²) in [6.45, 7) is 0. The van der Waals surface area contributed by atoms with E-state index in [1.165, 1.54) is 14.2 Å². The minimum Gasteiger partial charge on any atom is -0.497 e. The molecule has 124 valence electrons. The number of benzene rings is 1. The van der Waals surface area contributed by atoms with Gasteiger partial charge < -0.3 is 24.6 Å². The number of carbonyl (C=O) groups excluding carboxylic acids is 1. The molecular formula is C16H19NO6. The van der Waals surface area contributed by atoms with Crippen molar-refractivity contribution in [2.45, 2.75) is 25.0 Å². The van der Waals surface area contributed by atoms with Crippen LogP contribution in [0.2, 0.25) is 0 Å². The molecule has 7 nitrogen and oxygen atoms in total. The van der Waals surface area contributed by atoms with Crippen molar-refractivity contribution in [2.75, 3.05) is 19.5 Å². The van der Waals surface area contributed by atoms with Crippen molar-refractivity contribution in [3.63, 3.8) is 0 Å². The van der Waals surface area contributed by atoms with Crippen LogP contribution < -0.4 is 14.8 Å². The molecule has 2 bridgehead atoms. The Balaban J connectivity index is 1.80. The number of carboxylic acids is 1. The maximum Gasteiger partial charge on any atom is 0.310 e. The average molecular weight is 321 g/mol. The smallest absolute Gasteiger partial charge is 0.310 e. The Bertz CT molecular complexity index is 609. The Hall–Kier alpha value is -2.28. The molecule has 0 aromatic heterocycles. The molecule has 3 rings (SSSR count). The lowest BCUT2D eigenvalue weighted by Gasteiger charge is -2.24. The van der Waals surface area contributed by atoms with Crippen molar-refractivity contribution in [2.24, 2.45) is 11.8 Å². The number of hydrogen-bond acceptors (Lipinski definition) is 5. The van der Waals surface area contributed by atoms with Gasteiger partial charge in [0, 0.05) is 23.9 Å². The van der Waals surface area contributed by atoms with Gasteiger partial charge in [-0.3, -0.25) is 9.59 Å². The highest BCUT2D eigenvalue weighted by atomic mass is 16.5. The van der Waals surface area contributed by atoms with Crippen molar-refractivity contribution in [3.05, 3.63) is 18.2 Å². The van der Waals surface area contributed by atoms with Crippen molar-refractivity contribution in [1.29, 1.82) is 0 Å². The first kappa shape index (κ1) is 15.6. The van der Waals surface area contributed by atoms with Crippen LogP contribution in [0.1, 0.15) is 12.8 Å². The first-order valence-electron chi connectivity index (χ1n) is 7.45. The second-order valence-corrected chi connectivity index (χ2v) is 5.77. The number of nitrogens with one attached hydrogen (secondary N) is 1. The molecule has 4 atom stereocenters. The summed E-state index contributed by atoms with van der Waals surface area (Å²) < 4.78 is 15.9. The van der Waals surface area contributed by atoms with Gasteiger partial charge in [-0.25, -0.2) is 0 Å². The van der Waals surface area contributed by atoms with Crippen molar-refractivity contribution in [1.82, 2.24) is 0 Å². The number of carbonyl (C=O) groups is 2. The molecule has 2 heterocycles. The van der Waals surface area contributed by atoms with Crippen LogP contribution in [-0.2, 0) is 14.3 Å². The molecule has 2 aliphatic rings. The van der Waals surface area contributed by atoms with Gasteiger partial charge in [-0.15, -0.1) is 0 Å². The largest absolute Gasteiger partial charge is 0.497 e. The molecule has 2 saturated heterocycles. The Labute approximate surface area is 133 Å². The molecule has 1 aromatic rings. The summed E-state index contributed by atoms with van der Waals surface area (Å²) in [4.78, 5) is 24.0. The third-order valence-corrected chi connectivity index (χ3v) is 4.48. The quantitative estimate of drug-likeness (QED) is 0.854. The summed E-state index contributed by atoms with van der Waals surface area (Å²) in [5, 5.41) is 12.1. The van der Waals surface area contributed by atoms with E-state index in [-0.39, 0.29) is 18.1 Å². The number of aliphatic carboxylic acids is 1. The zero-order valence-corrected chi connectivity index (χ0v) is 12.9. The molecule has 2 aliphatic heterocycles. The van der Waals surface area contributed by atoms with Gasteiger partial charge in [0.2, 0.25) is 5.91 Å².